The number of nitrogens with one attached hydrogen (secondary N) is 1. The molecule has 0 bridgehead atoms. The van der Waals surface area contributed by atoms with Crippen LogP contribution in [0.15, 0.2) is 0 Å². The lowest BCUT2D eigenvalue weighted by atomic mass is 10.1. The summed E-state index contributed by atoms with van der Waals surface area (Å²) in [6.07, 6.45) is 2.71. The highest BCUT2D eigenvalue weighted by atomic mass is 16.5. The van der Waals surface area contributed by atoms with Crippen molar-refractivity contribution in [3.05, 3.63) is 0 Å². The van der Waals surface area contributed by atoms with Crippen LogP contribution in [-0.4, -0.2) is 67.2 Å². The van der Waals surface area contributed by atoms with Crippen molar-refractivity contribution in [2.75, 3.05) is 33.2 Å². The molecule has 3 unspecified atom stereocenters. The lowest BCUT2D eigenvalue weighted by Crippen LogP contribution is -2.43. The molecule has 6 nitrogen and oxygen atoms in total. The fourth-order valence-corrected chi connectivity index (χ4v) is 3.08. The van der Waals surface area contributed by atoms with Crippen molar-refractivity contribution < 1.29 is 9.53 Å². The predicted molar refractivity (Wildman–Crippen MR) is 73.4 cm³/mol. The third-order valence-electron chi connectivity index (χ3n) is 4.16. The molecule has 110 valence electrons. The molecule has 2 saturated heterocycles. The Hall–Kier alpha value is -0.690. The average Bonchev–Trinajstić information content (AvgIpc) is 2.78. The van der Waals surface area contributed by atoms with E-state index in [1.165, 1.54) is 6.42 Å². The van der Waals surface area contributed by atoms with Gasteiger partial charge in [-0.05, 0) is 46.3 Å². The number of ether oxygens (including phenoxy) is 1. The van der Waals surface area contributed by atoms with E-state index in [1.54, 1.807) is 0 Å². The molecule has 3 N–H and O–H groups in total. The highest BCUT2D eigenvalue weighted by Crippen LogP contribution is 2.22. The first-order valence-electron chi connectivity index (χ1n) is 7.18. The minimum absolute atomic E-state index is 0.160. The van der Waals surface area contributed by atoms with Gasteiger partial charge in [0.25, 0.3) is 5.91 Å². The molecular weight excluding hydrogens is 244 g/mol. The third kappa shape index (κ3) is 3.89. The molecule has 1 amide bonds. The van der Waals surface area contributed by atoms with Crippen molar-refractivity contribution in [1.29, 1.82) is 0 Å². The number of nitrogens with zero attached hydrogens (tertiary/aromatic N) is 2. The van der Waals surface area contributed by atoms with E-state index in [0.717, 1.165) is 39.0 Å². The zero-order valence-electron chi connectivity index (χ0n) is 12.0. The molecule has 6 heteroatoms. The first-order chi connectivity index (χ1) is 9.10. The van der Waals surface area contributed by atoms with Gasteiger partial charge in [0.2, 0.25) is 0 Å². The molecule has 2 rings (SSSR count). The van der Waals surface area contributed by atoms with E-state index >= 15 is 0 Å². The molecule has 19 heavy (non-hydrogen) atoms. The van der Waals surface area contributed by atoms with Crippen LogP contribution < -0.4 is 11.3 Å². The van der Waals surface area contributed by atoms with Gasteiger partial charge in [0.1, 0.15) is 6.10 Å². The van der Waals surface area contributed by atoms with Crippen molar-refractivity contribution in [2.24, 2.45) is 5.84 Å². The Kier molecular flexibility index (Phi) is 5.15. The van der Waals surface area contributed by atoms with E-state index in [9.17, 15) is 4.79 Å². The van der Waals surface area contributed by atoms with E-state index < -0.39 is 0 Å². The number of rotatable bonds is 3. The van der Waals surface area contributed by atoms with Crippen molar-refractivity contribution in [3.63, 3.8) is 0 Å². The van der Waals surface area contributed by atoms with Crippen LogP contribution in [-0.2, 0) is 9.53 Å². The number of nitrogens with two attached hydrogens (primary N) is 1. The smallest absolute Gasteiger partial charge is 0.263 e. The average molecular weight is 270 g/mol. The Morgan fingerprint density at radius 1 is 1.42 bits per heavy atom. The van der Waals surface area contributed by atoms with Crippen LogP contribution in [0.4, 0.5) is 0 Å². The Balaban J connectivity index is 1.82. The maximum absolute atomic E-state index is 11.4. The van der Waals surface area contributed by atoms with E-state index in [1.807, 2.05) is 0 Å². The second-order valence-electron chi connectivity index (χ2n) is 5.79. The Morgan fingerprint density at radius 3 is 2.95 bits per heavy atom. The van der Waals surface area contributed by atoms with E-state index in [0.29, 0.717) is 6.04 Å². The second kappa shape index (κ2) is 6.65. The summed E-state index contributed by atoms with van der Waals surface area (Å²) in [5.41, 5.74) is 2.17. The van der Waals surface area contributed by atoms with Crippen molar-refractivity contribution in [3.8, 4) is 0 Å². The molecule has 0 spiro atoms. The van der Waals surface area contributed by atoms with Crippen molar-refractivity contribution >= 4 is 5.91 Å². The minimum atomic E-state index is -0.361. The van der Waals surface area contributed by atoms with Crippen LogP contribution in [0.2, 0.25) is 0 Å². The van der Waals surface area contributed by atoms with Crippen LogP contribution in [0.3, 0.4) is 0 Å². The van der Waals surface area contributed by atoms with E-state index in [2.05, 4.69) is 29.2 Å². The summed E-state index contributed by atoms with van der Waals surface area (Å²) in [6, 6.07) is 0.540. The van der Waals surface area contributed by atoms with Gasteiger partial charge in [0.15, 0.2) is 0 Å². The number of carbonyl (C=O) groups excluding carboxylic acids is 1. The predicted octanol–water partition coefficient (Wildman–Crippen LogP) is -0.450. The maximum atomic E-state index is 11.4. The Labute approximate surface area is 115 Å². The van der Waals surface area contributed by atoms with Crippen LogP contribution in [0.25, 0.3) is 0 Å². The summed E-state index contributed by atoms with van der Waals surface area (Å²) in [5.74, 6) is 4.94. The first kappa shape index (κ1) is 14.7. The van der Waals surface area contributed by atoms with Gasteiger partial charge in [-0.15, -0.1) is 0 Å². The van der Waals surface area contributed by atoms with E-state index in [4.69, 9.17) is 10.6 Å². The third-order valence-corrected chi connectivity index (χ3v) is 4.16. The summed E-state index contributed by atoms with van der Waals surface area (Å²) in [6.45, 7) is 6.55. The lowest BCUT2D eigenvalue weighted by Gasteiger charge is -2.30. The quantitative estimate of drug-likeness (QED) is 0.413. The van der Waals surface area contributed by atoms with Gasteiger partial charge in [0, 0.05) is 19.1 Å². The van der Waals surface area contributed by atoms with Gasteiger partial charge in [-0.3, -0.25) is 15.1 Å². The molecule has 0 aliphatic carbocycles. The Bertz CT molecular complexity index is 313. The summed E-state index contributed by atoms with van der Waals surface area (Å²) in [4.78, 5) is 16.3. The lowest BCUT2D eigenvalue weighted by molar-refractivity contribution is -0.132. The highest BCUT2D eigenvalue weighted by molar-refractivity contribution is 5.80. The van der Waals surface area contributed by atoms with Gasteiger partial charge in [-0.2, -0.15) is 0 Å². The molecule has 0 aromatic heterocycles. The number of carbonyl (C=O) groups is 1. The molecule has 0 aromatic carbocycles. The van der Waals surface area contributed by atoms with Crippen LogP contribution >= 0.6 is 0 Å². The minimum Gasteiger partial charge on any atom is -0.364 e. The molecule has 0 aromatic rings. The zero-order valence-corrected chi connectivity index (χ0v) is 12.0. The number of hydrogen-bond donors (Lipinski definition) is 2. The van der Waals surface area contributed by atoms with Crippen molar-refractivity contribution in [1.82, 2.24) is 15.2 Å². The number of hydrogen-bond acceptors (Lipinski definition) is 5. The molecule has 2 fully saturated rings. The number of hydrazine groups is 1. The zero-order chi connectivity index (χ0) is 13.8. The fourth-order valence-electron chi connectivity index (χ4n) is 3.08. The second-order valence-corrected chi connectivity index (χ2v) is 5.79. The normalized spacial score (nSPS) is 34.2. The first-order valence-corrected chi connectivity index (χ1v) is 7.18. The molecule has 0 saturated carbocycles. The molecule has 2 aliphatic heterocycles. The van der Waals surface area contributed by atoms with Crippen LogP contribution in [0, 0.1) is 0 Å². The van der Waals surface area contributed by atoms with Gasteiger partial charge >= 0.3 is 0 Å². The van der Waals surface area contributed by atoms with Crippen molar-refractivity contribution in [2.45, 2.75) is 44.4 Å². The van der Waals surface area contributed by atoms with Crippen LogP contribution in [0.5, 0.6) is 0 Å². The van der Waals surface area contributed by atoms with Gasteiger partial charge < -0.3 is 9.64 Å². The summed E-state index contributed by atoms with van der Waals surface area (Å²) >= 11 is 0. The highest BCUT2D eigenvalue weighted by Gasteiger charge is 2.32. The van der Waals surface area contributed by atoms with Crippen LogP contribution in [0.1, 0.15) is 26.2 Å². The summed E-state index contributed by atoms with van der Waals surface area (Å²) in [5, 5.41) is 0. The van der Waals surface area contributed by atoms with Gasteiger partial charge in [-0.1, -0.05) is 0 Å². The van der Waals surface area contributed by atoms with Gasteiger partial charge in [0.05, 0.1) is 6.10 Å². The molecular formula is C13H26N4O2. The molecule has 3 atom stereocenters. The fraction of sp³-hybridized carbons (Fsp3) is 0.923. The topological polar surface area (TPSA) is 70.8 Å². The summed E-state index contributed by atoms with van der Waals surface area (Å²) in [7, 11) is 2.17. The Morgan fingerprint density at radius 2 is 2.21 bits per heavy atom. The monoisotopic (exact) mass is 270 g/mol. The standard InChI is InChI=1S/C13H26N4O2/c1-10-8-16(2)6-3-7-17(10)9-11-4-5-12(19-11)13(18)15-14/h10-12H,3-9,14H2,1-2H3,(H,15,18). The largest absolute Gasteiger partial charge is 0.364 e. The van der Waals surface area contributed by atoms with Gasteiger partial charge in [-0.25, -0.2) is 5.84 Å². The molecule has 0 radical (unpaired) electrons. The SMILES string of the molecule is CC1CN(C)CCCN1CC1CCC(C(=O)NN)O1. The molecule has 2 heterocycles. The number of likely N-dealkylation sites (N-methyl/N-ethyl adjacent to an activating group) is 1. The van der Waals surface area contributed by atoms with E-state index in [-0.39, 0.29) is 18.1 Å². The maximum Gasteiger partial charge on any atom is 0.263 e. The molecule has 2 aliphatic rings. The number of amides is 1. The summed E-state index contributed by atoms with van der Waals surface area (Å²) < 4.78 is 5.79.